The molecule has 1 heterocycles. The predicted molar refractivity (Wildman–Crippen MR) is 74.7 cm³/mol. The molecule has 0 aromatic carbocycles. The van der Waals surface area contributed by atoms with Gasteiger partial charge < -0.3 is 15.8 Å². The Morgan fingerprint density at radius 3 is 2.83 bits per heavy atom. The van der Waals surface area contributed by atoms with E-state index in [0.717, 1.165) is 6.42 Å². The molecule has 102 valence electrons. The number of methoxy groups -OCH3 is 1. The first-order valence-corrected chi connectivity index (χ1v) is 6.94. The molecule has 0 aliphatic carbocycles. The van der Waals surface area contributed by atoms with Crippen molar-refractivity contribution in [2.75, 3.05) is 13.7 Å². The Hall–Kier alpha value is -0.910. The molecule has 1 rings (SSSR count). The normalized spacial score (nSPS) is 12.4. The lowest BCUT2D eigenvalue weighted by molar-refractivity contribution is -0.122. The van der Waals surface area contributed by atoms with Gasteiger partial charge in [-0.3, -0.25) is 4.79 Å². The topological polar surface area (TPSA) is 64.3 Å². The highest BCUT2D eigenvalue weighted by atomic mass is 32.1. The maximum absolute atomic E-state index is 11.7. The summed E-state index contributed by atoms with van der Waals surface area (Å²) in [5.41, 5.74) is 7.06. The predicted octanol–water partition coefficient (Wildman–Crippen LogP) is 1.74. The van der Waals surface area contributed by atoms with Gasteiger partial charge in [-0.2, -0.15) is 0 Å². The molecular weight excluding hydrogens is 248 g/mol. The van der Waals surface area contributed by atoms with E-state index in [1.807, 2.05) is 0 Å². The molecule has 1 unspecified atom stereocenters. The van der Waals surface area contributed by atoms with Crippen LogP contribution >= 0.6 is 11.3 Å². The molecule has 3 N–H and O–H groups in total. The van der Waals surface area contributed by atoms with E-state index in [4.69, 9.17) is 10.5 Å². The van der Waals surface area contributed by atoms with Gasteiger partial charge in [0.1, 0.15) is 0 Å². The van der Waals surface area contributed by atoms with Crippen molar-refractivity contribution in [3.05, 3.63) is 21.4 Å². The van der Waals surface area contributed by atoms with Crippen LogP contribution in [0.3, 0.4) is 0 Å². The minimum absolute atomic E-state index is 0.0881. The van der Waals surface area contributed by atoms with Gasteiger partial charge in [-0.15, -0.1) is 11.3 Å². The molecule has 18 heavy (non-hydrogen) atoms. The van der Waals surface area contributed by atoms with Gasteiger partial charge in [-0.1, -0.05) is 0 Å². The summed E-state index contributed by atoms with van der Waals surface area (Å²) in [5.74, 6) is -0.0881. The fourth-order valence-electron chi connectivity index (χ4n) is 1.62. The van der Waals surface area contributed by atoms with Crippen molar-refractivity contribution in [3.63, 3.8) is 0 Å². The number of hydrogen-bond acceptors (Lipinski definition) is 4. The van der Waals surface area contributed by atoms with E-state index in [9.17, 15) is 4.79 Å². The van der Waals surface area contributed by atoms with Gasteiger partial charge >= 0.3 is 0 Å². The number of hydrogen-bond donors (Lipinski definition) is 2. The molecule has 4 nitrogen and oxygen atoms in total. The van der Waals surface area contributed by atoms with E-state index in [1.54, 1.807) is 18.4 Å². The molecule has 0 radical (unpaired) electrons. The van der Waals surface area contributed by atoms with E-state index in [-0.39, 0.29) is 5.91 Å². The van der Waals surface area contributed by atoms with Crippen LogP contribution in [0.15, 0.2) is 6.07 Å². The van der Waals surface area contributed by atoms with Crippen LogP contribution in [-0.2, 0) is 16.1 Å². The lowest BCUT2D eigenvalue weighted by Crippen LogP contribution is -2.40. The number of carbonyl (C=O) groups is 1. The standard InChI is InChI=1S/C13H22N2O2S/c1-9-7-11(18-10(9)2)8-15-13(16)12(14)5-4-6-17-3/h7,12H,4-6,8,14H2,1-3H3,(H,15,16). The quantitative estimate of drug-likeness (QED) is 0.742. The number of thiophene rings is 1. The molecule has 1 aromatic rings. The number of ether oxygens (including phenoxy) is 1. The Morgan fingerprint density at radius 2 is 2.28 bits per heavy atom. The van der Waals surface area contributed by atoms with Crippen molar-refractivity contribution >= 4 is 17.2 Å². The molecular formula is C13H22N2O2S. The maximum atomic E-state index is 11.7. The highest BCUT2D eigenvalue weighted by molar-refractivity contribution is 7.12. The first-order valence-electron chi connectivity index (χ1n) is 6.12. The fourth-order valence-corrected chi connectivity index (χ4v) is 2.61. The van der Waals surface area contributed by atoms with Crippen LogP contribution in [0, 0.1) is 13.8 Å². The second-order valence-electron chi connectivity index (χ2n) is 4.41. The summed E-state index contributed by atoms with van der Waals surface area (Å²) in [6.07, 6.45) is 1.46. The van der Waals surface area contributed by atoms with Gasteiger partial charge in [0.25, 0.3) is 0 Å². The SMILES string of the molecule is COCCCC(N)C(=O)NCc1cc(C)c(C)s1. The summed E-state index contributed by atoms with van der Waals surface area (Å²) in [6.45, 7) is 5.37. The monoisotopic (exact) mass is 270 g/mol. The van der Waals surface area contributed by atoms with Gasteiger partial charge in [0, 0.05) is 23.5 Å². The van der Waals surface area contributed by atoms with Gasteiger partial charge in [-0.05, 0) is 38.3 Å². The van der Waals surface area contributed by atoms with E-state index < -0.39 is 6.04 Å². The van der Waals surface area contributed by atoms with Gasteiger partial charge in [0.2, 0.25) is 5.91 Å². The van der Waals surface area contributed by atoms with Crippen molar-refractivity contribution < 1.29 is 9.53 Å². The Kier molecular flexibility index (Phi) is 6.32. The summed E-state index contributed by atoms with van der Waals surface area (Å²) in [6, 6.07) is 1.67. The van der Waals surface area contributed by atoms with Crippen molar-refractivity contribution in [1.82, 2.24) is 5.32 Å². The van der Waals surface area contributed by atoms with Crippen molar-refractivity contribution in [3.8, 4) is 0 Å². The molecule has 1 atom stereocenters. The van der Waals surface area contributed by atoms with E-state index in [0.29, 0.717) is 19.6 Å². The van der Waals surface area contributed by atoms with E-state index in [1.165, 1.54) is 15.3 Å². The second kappa shape index (κ2) is 7.51. The molecule has 5 heteroatoms. The smallest absolute Gasteiger partial charge is 0.237 e. The Bertz CT molecular complexity index is 371. The number of nitrogens with one attached hydrogen (secondary N) is 1. The molecule has 0 fully saturated rings. The van der Waals surface area contributed by atoms with Crippen LogP contribution in [0.25, 0.3) is 0 Å². The van der Waals surface area contributed by atoms with Crippen LogP contribution in [0.4, 0.5) is 0 Å². The molecule has 0 saturated carbocycles. The first kappa shape index (κ1) is 15.1. The third-order valence-corrected chi connectivity index (χ3v) is 4.01. The third kappa shape index (κ3) is 4.76. The van der Waals surface area contributed by atoms with Gasteiger partial charge in [0.05, 0.1) is 12.6 Å². The second-order valence-corrected chi connectivity index (χ2v) is 5.75. The first-order chi connectivity index (χ1) is 8.54. The Labute approximate surface area is 113 Å². The maximum Gasteiger partial charge on any atom is 0.237 e. The van der Waals surface area contributed by atoms with Crippen LogP contribution in [0.1, 0.15) is 28.2 Å². The zero-order valence-electron chi connectivity index (χ0n) is 11.3. The Balaban J connectivity index is 2.31. The summed E-state index contributed by atoms with van der Waals surface area (Å²) in [5, 5.41) is 2.87. The molecule has 0 saturated heterocycles. The number of amides is 1. The average Bonchev–Trinajstić information content (AvgIpc) is 2.66. The number of aryl methyl sites for hydroxylation is 2. The Morgan fingerprint density at radius 1 is 1.56 bits per heavy atom. The highest BCUT2D eigenvalue weighted by Gasteiger charge is 2.13. The molecule has 0 bridgehead atoms. The lowest BCUT2D eigenvalue weighted by atomic mass is 10.1. The number of rotatable bonds is 7. The van der Waals surface area contributed by atoms with Gasteiger partial charge in [-0.25, -0.2) is 0 Å². The number of nitrogens with two attached hydrogens (primary N) is 1. The minimum Gasteiger partial charge on any atom is -0.385 e. The van der Waals surface area contributed by atoms with E-state index >= 15 is 0 Å². The van der Waals surface area contributed by atoms with Crippen LogP contribution in [0.2, 0.25) is 0 Å². The minimum atomic E-state index is -0.442. The molecule has 1 amide bonds. The fraction of sp³-hybridized carbons (Fsp3) is 0.615. The molecule has 0 aliphatic heterocycles. The highest BCUT2D eigenvalue weighted by Crippen LogP contribution is 2.20. The van der Waals surface area contributed by atoms with Gasteiger partial charge in [0.15, 0.2) is 0 Å². The number of carbonyl (C=O) groups excluding carboxylic acids is 1. The summed E-state index contributed by atoms with van der Waals surface area (Å²) in [4.78, 5) is 14.2. The summed E-state index contributed by atoms with van der Waals surface area (Å²) >= 11 is 1.71. The molecule has 0 aliphatic rings. The lowest BCUT2D eigenvalue weighted by Gasteiger charge is -2.11. The largest absolute Gasteiger partial charge is 0.385 e. The summed E-state index contributed by atoms with van der Waals surface area (Å²) in [7, 11) is 1.65. The zero-order valence-corrected chi connectivity index (χ0v) is 12.1. The van der Waals surface area contributed by atoms with Crippen molar-refractivity contribution in [1.29, 1.82) is 0 Å². The molecule has 0 spiro atoms. The molecule has 1 aromatic heterocycles. The van der Waals surface area contributed by atoms with Crippen molar-refractivity contribution in [2.45, 2.75) is 39.3 Å². The van der Waals surface area contributed by atoms with E-state index in [2.05, 4.69) is 25.2 Å². The van der Waals surface area contributed by atoms with Crippen LogP contribution in [0.5, 0.6) is 0 Å². The van der Waals surface area contributed by atoms with Crippen LogP contribution < -0.4 is 11.1 Å². The van der Waals surface area contributed by atoms with Crippen molar-refractivity contribution in [2.24, 2.45) is 5.73 Å². The summed E-state index contributed by atoms with van der Waals surface area (Å²) < 4.78 is 4.93. The van der Waals surface area contributed by atoms with Crippen LogP contribution in [-0.4, -0.2) is 25.7 Å². The third-order valence-electron chi connectivity index (χ3n) is 2.85. The zero-order chi connectivity index (χ0) is 13.5. The average molecular weight is 270 g/mol.